The molecule has 1 heterocycles. The van der Waals surface area contributed by atoms with E-state index in [2.05, 4.69) is 6.58 Å². The first-order valence-electron chi connectivity index (χ1n) is 5.74. The van der Waals surface area contributed by atoms with Gasteiger partial charge >= 0.3 is 5.97 Å². The van der Waals surface area contributed by atoms with Crippen LogP contribution in [0.1, 0.15) is 33.1 Å². The van der Waals surface area contributed by atoms with E-state index in [4.69, 9.17) is 14.2 Å². The summed E-state index contributed by atoms with van der Waals surface area (Å²) < 4.78 is 16.2. The molecule has 0 saturated carbocycles. The summed E-state index contributed by atoms with van der Waals surface area (Å²) in [6.07, 6.45) is 2.02. The molecule has 0 spiro atoms. The Bertz CT molecular complexity index is 243. The van der Waals surface area contributed by atoms with Crippen molar-refractivity contribution in [3.63, 3.8) is 0 Å². The fourth-order valence-electron chi connectivity index (χ4n) is 1.47. The Morgan fingerprint density at radius 2 is 2.38 bits per heavy atom. The Hall–Kier alpha value is -0.870. The summed E-state index contributed by atoms with van der Waals surface area (Å²) >= 11 is 0. The molecule has 0 amide bonds. The van der Waals surface area contributed by atoms with Crippen LogP contribution in [-0.4, -0.2) is 31.6 Å². The third-order valence-corrected chi connectivity index (χ3v) is 2.33. The second-order valence-corrected chi connectivity index (χ2v) is 3.98. The first-order chi connectivity index (χ1) is 7.65. The van der Waals surface area contributed by atoms with Gasteiger partial charge in [0, 0.05) is 12.2 Å². The first kappa shape index (κ1) is 13.2. The lowest BCUT2D eigenvalue weighted by Crippen LogP contribution is -2.34. The van der Waals surface area contributed by atoms with Gasteiger partial charge < -0.3 is 14.2 Å². The van der Waals surface area contributed by atoms with E-state index in [0.29, 0.717) is 18.8 Å². The van der Waals surface area contributed by atoms with Gasteiger partial charge in [0.05, 0.1) is 6.61 Å². The Kier molecular flexibility index (Phi) is 5.49. The predicted molar refractivity (Wildman–Crippen MR) is 59.9 cm³/mol. The highest BCUT2D eigenvalue weighted by atomic mass is 16.7. The van der Waals surface area contributed by atoms with E-state index in [1.165, 1.54) is 0 Å². The number of hydrogen-bond acceptors (Lipinski definition) is 4. The average Bonchev–Trinajstić information content (AvgIpc) is 2.76. The first-order valence-corrected chi connectivity index (χ1v) is 5.74. The molecule has 2 unspecified atom stereocenters. The van der Waals surface area contributed by atoms with Gasteiger partial charge in [-0.05, 0) is 26.2 Å². The van der Waals surface area contributed by atoms with Crippen LogP contribution < -0.4 is 0 Å². The summed E-state index contributed by atoms with van der Waals surface area (Å²) in [6.45, 7) is 8.44. The van der Waals surface area contributed by atoms with Gasteiger partial charge in [0.1, 0.15) is 6.10 Å². The summed E-state index contributed by atoms with van der Waals surface area (Å²) in [5.41, 5.74) is 0.378. The van der Waals surface area contributed by atoms with E-state index in [1.807, 2.05) is 6.92 Å². The molecular formula is C12H20O4. The molecule has 1 rings (SSSR count). The minimum Gasteiger partial charge on any atom is -0.430 e. The van der Waals surface area contributed by atoms with E-state index in [-0.39, 0.29) is 6.10 Å². The van der Waals surface area contributed by atoms with Crippen LogP contribution in [-0.2, 0) is 19.0 Å². The highest BCUT2D eigenvalue weighted by molar-refractivity contribution is 5.87. The molecule has 92 valence electrons. The number of esters is 1. The molecule has 1 aliphatic heterocycles. The van der Waals surface area contributed by atoms with Crippen molar-refractivity contribution < 1.29 is 19.0 Å². The molecule has 0 radical (unpaired) electrons. The molecular weight excluding hydrogens is 208 g/mol. The van der Waals surface area contributed by atoms with Gasteiger partial charge in [0.15, 0.2) is 0 Å². The second-order valence-electron chi connectivity index (χ2n) is 3.98. The highest BCUT2D eigenvalue weighted by Crippen LogP contribution is 2.19. The van der Waals surface area contributed by atoms with Crippen molar-refractivity contribution in [3.8, 4) is 0 Å². The molecule has 0 aromatic rings. The molecule has 4 nitrogen and oxygen atoms in total. The maximum Gasteiger partial charge on any atom is 0.335 e. The largest absolute Gasteiger partial charge is 0.430 e. The smallest absolute Gasteiger partial charge is 0.335 e. The van der Waals surface area contributed by atoms with Crippen LogP contribution in [0.15, 0.2) is 12.2 Å². The quantitative estimate of drug-likeness (QED) is 0.396. The van der Waals surface area contributed by atoms with Gasteiger partial charge in [-0.25, -0.2) is 4.79 Å². The second kappa shape index (κ2) is 6.66. The monoisotopic (exact) mass is 228 g/mol. The predicted octanol–water partition coefficient (Wildman–Crippen LogP) is 2.04. The Labute approximate surface area is 96.6 Å². The van der Waals surface area contributed by atoms with Gasteiger partial charge in [0.2, 0.25) is 6.29 Å². The van der Waals surface area contributed by atoms with Gasteiger partial charge in [-0.2, -0.15) is 0 Å². The van der Waals surface area contributed by atoms with Crippen LogP contribution in [0.3, 0.4) is 0 Å². The van der Waals surface area contributed by atoms with Crippen molar-refractivity contribution in [1.29, 1.82) is 0 Å². The van der Waals surface area contributed by atoms with Crippen LogP contribution in [0, 0.1) is 0 Å². The van der Waals surface area contributed by atoms with Crippen molar-refractivity contribution in [3.05, 3.63) is 12.2 Å². The number of ether oxygens (including phenoxy) is 3. The summed E-state index contributed by atoms with van der Waals surface area (Å²) in [6, 6.07) is 0. The molecule has 2 atom stereocenters. The Morgan fingerprint density at radius 1 is 1.62 bits per heavy atom. The van der Waals surface area contributed by atoms with Crippen LogP contribution in [0.5, 0.6) is 0 Å². The number of carbonyl (C=O) groups is 1. The van der Waals surface area contributed by atoms with Crippen LogP contribution in [0.2, 0.25) is 0 Å². The fraction of sp³-hybridized carbons (Fsp3) is 0.750. The number of hydrogen-bond donors (Lipinski definition) is 0. The van der Waals surface area contributed by atoms with E-state index < -0.39 is 12.3 Å². The molecule has 0 aromatic carbocycles. The van der Waals surface area contributed by atoms with Gasteiger partial charge in [-0.15, -0.1) is 0 Å². The summed E-state index contributed by atoms with van der Waals surface area (Å²) in [5.74, 6) is -0.420. The van der Waals surface area contributed by atoms with Gasteiger partial charge in [-0.1, -0.05) is 13.5 Å². The van der Waals surface area contributed by atoms with Gasteiger partial charge in [-0.3, -0.25) is 0 Å². The summed E-state index contributed by atoms with van der Waals surface area (Å²) in [7, 11) is 0. The zero-order valence-electron chi connectivity index (χ0n) is 10.0. The van der Waals surface area contributed by atoms with E-state index >= 15 is 0 Å². The minimum atomic E-state index is -0.591. The molecule has 4 heteroatoms. The maximum absolute atomic E-state index is 11.4. The molecule has 0 N–H and O–H groups in total. The highest BCUT2D eigenvalue weighted by Gasteiger charge is 2.29. The number of rotatable bonds is 6. The molecule has 16 heavy (non-hydrogen) atoms. The van der Waals surface area contributed by atoms with Crippen molar-refractivity contribution in [2.24, 2.45) is 0 Å². The van der Waals surface area contributed by atoms with Crippen molar-refractivity contribution >= 4 is 5.97 Å². The Balaban J connectivity index is 2.48. The van der Waals surface area contributed by atoms with E-state index in [0.717, 1.165) is 19.3 Å². The van der Waals surface area contributed by atoms with Crippen molar-refractivity contribution in [1.82, 2.24) is 0 Å². The topological polar surface area (TPSA) is 44.8 Å². The molecule has 0 aliphatic carbocycles. The SMILES string of the molecule is C=C(C)C(=O)OC(OCCC)C1CCCO1. The van der Waals surface area contributed by atoms with Crippen LogP contribution in [0.25, 0.3) is 0 Å². The molecule has 1 aliphatic rings. The molecule has 0 aromatic heterocycles. The minimum absolute atomic E-state index is 0.130. The fourth-order valence-corrected chi connectivity index (χ4v) is 1.47. The lowest BCUT2D eigenvalue weighted by atomic mass is 10.2. The zero-order valence-corrected chi connectivity index (χ0v) is 10.0. The lowest BCUT2D eigenvalue weighted by molar-refractivity contribution is -0.200. The van der Waals surface area contributed by atoms with Crippen LogP contribution >= 0.6 is 0 Å². The van der Waals surface area contributed by atoms with Crippen LogP contribution in [0.4, 0.5) is 0 Å². The molecule has 1 fully saturated rings. The average molecular weight is 228 g/mol. The van der Waals surface area contributed by atoms with Crippen molar-refractivity contribution in [2.75, 3.05) is 13.2 Å². The Morgan fingerprint density at radius 3 is 2.88 bits per heavy atom. The standard InChI is InChI=1S/C12H20O4/c1-4-7-15-12(10-6-5-8-14-10)16-11(13)9(2)3/h10,12H,2,4-8H2,1,3H3. The zero-order chi connectivity index (χ0) is 12.0. The maximum atomic E-state index is 11.4. The van der Waals surface area contributed by atoms with Gasteiger partial charge in [0.25, 0.3) is 0 Å². The summed E-state index contributed by atoms with van der Waals surface area (Å²) in [4.78, 5) is 11.4. The lowest BCUT2D eigenvalue weighted by Gasteiger charge is -2.23. The third kappa shape index (κ3) is 3.94. The number of carbonyl (C=O) groups excluding carboxylic acids is 1. The summed E-state index contributed by atoms with van der Waals surface area (Å²) in [5, 5.41) is 0. The van der Waals surface area contributed by atoms with E-state index in [1.54, 1.807) is 6.92 Å². The normalized spacial score (nSPS) is 21.8. The molecule has 0 bridgehead atoms. The molecule has 1 saturated heterocycles. The van der Waals surface area contributed by atoms with E-state index in [9.17, 15) is 4.79 Å². The third-order valence-electron chi connectivity index (χ3n) is 2.33. The van der Waals surface area contributed by atoms with Crippen molar-refractivity contribution in [2.45, 2.75) is 45.5 Å².